The normalized spacial score (nSPS) is 18.0. The molecule has 0 aliphatic carbocycles. The standard InChI is InChI=1S/C18H21NO2/c1-12-7-8-15(13(2)19)18(9-12)21-11-14-10-20-17-6-4-3-5-16(14)17/h3-9,13-14H,10-11,19H2,1-2H3. The average Bonchev–Trinajstić information content (AvgIpc) is 2.88. The zero-order valence-corrected chi connectivity index (χ0v) is 12.5. The molecule has 0 amide bonds. The van der Waals surface area contributed by atoms with Crippen LogP contribution >= 0.6 is 0 Å². The highest BCUT2D eigenvalue weighted by molar-refractivity contribution is 5.41. The van der Waals surface area contributed by atoms with Crippen LogP contribution < -0.4 is 15.2 Å². The van der Waals surface area contributed by atoms with Gasteiger partial charge in [-0.1, -0.05) is 30.3 Å². The molecule has 1 aliphatic rings. The highest BCUT2D eigenvalue weighted by atomic mass is 16.5. The maximum absolute atomic E-state index is 6.06. The van der Waals surface area contributed by atoms with E-state index in [1.54, 1.807) is 0 Å². The second kappa shape index (κ2) is 5.78. The van der Waals surface area contributed by atoms with E-state index in [-0.39, 0.29) is 12.0 Å². The minimum Gasteiger partial charge on any atom is -0.493 e. The van der Waals surface area contributed by atoms with Gasteiger partial charge in [-0.25, -0.2) is 0 Å². The summed E-state index contributed by atoms with van der Waals surface area (Å²) in [5.41, 5.74) is 9.48. The predicted molar refractivity (Wildman–Crippen MR) is 84.0 cm³/mol. The number of rotatable bonds is 4. The maximum Gasteiger partial charge on any atom is 0.124 e. The molecule has 2 aromatic rings. The zero-order valence-electron chi connectivity index (χ0n) is 12.5. The van der Waals surface area contributed by atoms with Crippen LogP contribution in [0.1, 0.15) is 35.6 Å². The predicted octanol–water partition coefficient (Wildman–Crippen LogP) is 3.57. The Balaban J connectivity index is 1.76. The Bertz CT molecular complexity index is 637. The number of aryl methyl sites for hydroxylation is 1. The van der Waals surface area contributed by atoms with Crippen molar-refractivity contribution in [2.75, 3.05) is 13.2 Å². The summed E-state index contributed by atoms with van der Waals surface area (Å²) >= 11 is 0. The third kappa shape index (κ3) is 2.88. The van der Waals surface area contributed by atoms with Gasteiger partial charge in [-0.15, -0.1) is 0 Å². The Morgan fingerprint density at radius 3 is 2.90 bits per heavy atom. The van der Waals surface area contributed by atoms with Gasteiger partial charge < -0.3 is 15.2 Å². The molecule has 110 valence electrons. The summed E-state index contributed by atoms with van der Waals surface area (Å²) in [4.78, 5) is 0. The van der Waals surface area contributed by atoms with Gasteiger partial charge in [0.2, 0.25) is 0 Å². The lowest BCUT2D eigenvalue weighted by Gasteiger charge is -2.17. The fourth-order valence-corrected chi connectivity index (χ4v) is 2.70. The van der Waals surface area contributed by atoms with Crippen LogP contribution in [0.15, 0.2) is 42.5 Å². The number of ether oxygens (including phenoxy) is 2. The van der Waals surface area contributed by atoms with Crippen LogP contribution in [-0.2, 0) is 0 Å². The van der Waals surface area contributed by atoms with E-state index in [0.29, 0.717) is 13.2 Å². The molecule has 1 heterocycles. The molecule has 3 nitrogen and oxygen atoms in total. The second-order valence-corrected chi connectivity index (χ2v) is 5.69. The van der Waals surface area contributed by atoms with E-state index in [2.05, 4.69) is 31.2 Å². The number of fused-ring (bicyclic) bond motifs is 1. The first-order chi connectivity index (χ1) is 10.1. The molecule has 2 unspecified atom stereocenters. The lowest BCUT2D eigenvalue weighted by Crippen LogP contribution is -2.14. The van der Waals surface area contributed by atoms with Crippen molar-refractivity contribution in [2.24, 2.45) is 5.73 Å². The lowest BCUT2D eigenvalue weighted by atomic mass is 10.0. The first-order valence-corrected chi connectivity index (χ1v) is 7.36. The first-order valence-electron chi connectivity index (χ1n) is 7.36. The minimum absolute atomic E-state index is 0.0345. The maximum atomic E-state index is 6.06. The Morgan fingerprint density at radius 1 is 1.29 bits per heavy atom. The largest absolute Gasteiger partial charge is 0.493 e. The van der Waals surface area contributed by atoms with Crippen molar-refractivity contribution in [3.8, 4) is 11.5 Å². The SMILES string of the molecule is Cc1ccc(C(C)N)c(OCC2COc3ccccc32)c1. The summed E-state index contributed by atoms with van der Waals surface area (Å²) in [6.07, 6.45) is 0. The highest BCUT2D eigenvalue weighted by Crippen LogP contribution is 2.34. The molecular formula is C18H21NO2. The van der Waals surface area contributed by atoms with Crippen molar-refractivity contribution in [2.45, 2.75) is 25.8 Å². The van der Waals surface area contributed by atoms with Gasteiger partial charge >= 0.3 is 0 Å². The number of hydrogen-bond donors (Lipinski definition) is 1. The molecular weight excluding hydrogens is 262 g/mol. The van der Waals surface area contributed by atoms with Crippen molar-refractivity contribution < 1.29 is 9.47 Å². The Morgan fingerprint density at radius 2 is 2.10 bits per heavy atom. The van der Waals surface area contributed by atoms with Crippen LogP contribution in [-0.4, -0.2) is 13.2 Å². The summed E-state index contributed by atoms with van der Waals surface area (Å²) in [5, 5.41) is 0. The van der Waals surface area contributed by atoms with Crippen molar-refractivity contribution in [3.63, 3.8) is 0 Å². The van der Waals surface area contributed by atoms with Crippen molar-refractivity contribution >= 4 is 0 Å². The minimum atomic E-state index is -0.0345. The van der Waals surface area contributed by atoms with E-state index >= 15 is 0 Å². The molecule has 2 aromatic carbocycles. The number of nitrogens with two attached hydrogens (primary N) is 1. The van der Waals surface area contributed by atoms with Gasteiger partial charge in [-0.05, 0) is 31.5 Å². The molecule has 0 fully saturated rings. The molecule has 0 aromatic heterocycles. The van der Waals surface area contributed by atoms with Crippen LogP contribution in [0.5, 0.6) is 11.5 Å². The summed E-state index contributed by atoms with van der Waals surface area (Å²) in [5.74, 6) is 2.14. The zero-order chi connectivity index (χ0) is 14.8. The summed E-state index contributed by atoms with van der Waals surface area (Å²) in [7, 11) is 0. The van der Waals surface area contributed by atoms with Gasteiger partial charge in [0.15, 0.2) is 0 Å². The number of hydrogen-bond acceptors (Lipinski definition) is 3. The van der Waals surface area contributed by atoms with Crippen molar-refractivity contribution in [1.82, 2.24) is 0 Å². The monoisotopic (exact) mass is 283 g/mol. The van der Waals surface area contributed by atoms with E-state index in [1.807, 2.05) is 25.1 Å². The van der Waals surface area contributed by atoms with Crippen LogP contribution in [0.2, 0.25) is 0 Å². The third-order valence-electron chi connectivity index (χ3n) is 3.90. The Hall–Kier alpha value is -2.00. The van der Waals surface area contributed by atoms with Gasteiger partial charge in [0.05, 0.1) is 19.1 Å². The second-order valence-electron chi connectivity index (χ2n) is 5.69. The smallest absolute Gasteiger partial charge is 0.124 e. The van der Waals surface area contributed by atoms with Gasteiger partial charge in [0.25, 0.3) is 0 Å². The fourth-order valence-electron chi connectivity index (χ4n) is 2.70. The van der Waals surface area contributed by atoms with Gasteiger partial charge in [-0.3, -0.25) is 0 Å². The van der Waals surface area contributed by atoms with E-state index in [9.17, 15) is 0 Å². The van der Waals surface area contributed by atoms with E-state index in [0.717, 1.165) is 17.1 Å². The molecule has 1 aliphatic heterocycles. The van der Waals surface area contributed by atoms with Gasteiger partial charge in [0, 0.05) is 17.2 Å². The average molecular weight is 283 g/mol. The molecule has 2 atom stereocenters. The fraction of sp³-hybridized carbons (Fsp3) is 0.333. The molecule has 0 spiro atoms. The van der Waals surface area contributed by atoms with Crippen LogP contribution in [0.3, 0.4) is 0 Å². The molecule has 0 radical (unpaired) electrons. The molecule has 0 bridgehead atoms. The summed E-state index contributed by atoms with van der Waals surface area (Å²) < 4.78 is 11.8. The van der Waals surface area contributed by atoms with E-state index in [4.69, 9.17) is 15.2 Å². The molecule has 0 saturated carbocycles. The molecule has 21 heavy (non-hydrogen) atoms. The number of para-hydroxylation sites is 1. The third-order valence-corrected chi connectivity index (χ3v) is 3.90. The molecule has 3 rings (SSSR count). The van der Waals surface area contributed by atoms with Crippen LogP contribution in [0.25, 0.3) is 0 Å². The Kier molecular flexibility index (Phi) is 3.84. The van der Waals surface area contributed by atoms with Crippen molar-refractivity contribution in [1.29, 1.82) is 0 Å². The van der Waals surface area contributed by atoms with E-state index in [1.165, 1.54) is 11.1 Å². The Labute approximate surface area is 125 Å². The molecule has 3 heteroatoms. The quantitative estimate of drug-likeness (QED) is 0.933. The summed E-state index contributed by atoms with van der Waals surface area (Å²) in [6, 6.07) is 14.3. The van der Waals surface area contributed by atoms with Crippen LogP contribution in [0, 0.1) is 6.92 Å². The lowest BCUT2D eigenvalue weighted by molar-refractivity contribution is 0.246. The molecule has 2 N–H and O–H groups in total. The summed E-state index contributed by atoms with van der Waals surface area (Å²) in [6.45, 7) is 5.33. The van der Waals surface area contributed by atoms with Gasteiger partial charge in [0.1, 0.15) is 11.5 Å². The highest BCUT2D eigenvalue weighted by Gasteiger charge is 2.24. The number of benzene rings is 2. The van der Waals surface area contributed by atoms with Crippen LogP contribution in [0.4, 0.5) is 0 Å². The van der Waals surface area contributed by atoms with Gasteiger partial charge in [-0.2, -0.15) is 0 Å². The molecule has 0 saturated heterocycles. The first kappa shape index (κ1) is 14.0. The topological polar surface area (TPSA) is 44.5 Å². The van der Waals surface area contributed by atoms with Crippen molar-refractivity contribution in [3.05, 3.63) is 59.2 Å². The van der Waals surface area contributed by atoms with E-state index < -0.39 is 0 Å².